The Hall–Kier alpha value is -1.62. The van der Waals surface area contributed by atoms with Crippen molar-refractivity contribution in [1.29, 1.82) is 0 Å². The highest BCUT2D eigenvalue weighted by molar-refractivity contribution is 7.71. The molecule has 1 aromatic carbocycles. The van der Waals surface area contributed by atoms with Crippen LogP contribution in [0.5, 0.6) is 0 Å². The van der Waals surface area contributed by atoms with Crippen molar-refractivity contribution in [2.45, 2.75) is 26.7 Å². The Kier molecular flexibility index (Phi) is 3.75. The van der Waals surface area contributed by atoms with Crippen molar-refractivity contribution in [2.75, 3.05) is 0 Å². The van der Waals surface area contributed by atoms with E-state index in [4.69, 9.17) is 12.2 Å². The van der Waals surface area contributed by atoms with Crippen LogP contribution in [0.25, 0.3) is 11.3 Å². The van der Waals surface area contributed by atoms with Gasteiger partial charge in [0, 0.05) is 11.5 Å². The van der Waals surface area contributed by atoms with E-state index in [2.05, 4.69) is 9.97 Å². The summed E-state index contributed by atoms with van der Waals surface area (Å²) in [6, 6.07) is 4.62. The second-order valence-electron chi connectivity index (χ2n) is 4.73. The molecule has 0 saturated heterocycles. The minimum atomic E-state index is -0.869. The Bertz CT molecular complexity index is 678. The lowest BCUT2D eigenvalue weighted by Crippen LogP contribution is -2.01. The molecule has 0 aliphatic carbocycles. The summed E-state index contributed by atoms with van der Waals surface area (Å²) < 4.78 is 27.9. The predicted molar refractivity (Wildman–Crippen MR) is 73.6 cm³/mol. The maximum atomic E-state index is 14.0. The number of nitrogens with zero attached hydrogens (tertiary/aromatic N) is 1. The zero-order valence-corrected chi connectivity index (χ0v) is 11.7. The van der Waals surface area contributed by atoms with Crippen LogP contribution in [0, 0.1) is 23.2 Å². The van der Waals surface area contributed by atoms with E-state index in [0.29, 0.717) is 16.2 Å². The zero-order valence-electron chi connectivity index (χ0n) is 10.9. The van der Waals surface area contributed by atoms with E-state index in [1.54, 1.807) is 12.1 Å². The summed E-state index contributed by atoms with van der Waals surface area (Å²) >= 11 is 5.06. The first-order valence-corrected chi connectivity index (χ1v) is 6.37. The van der Waals surface area contributed by atoms with Gasteiger partial charge in [0.25, 0.3) is 0 Å². The van der Waals surface area contributed by atoms with Crippen LogP contribution in [0.1, 0.15) is 31.2 Å². The molecule has 0 atom stereocenters. The first-order chi connectivity index (χ1) is 8.90. The van der Waals surface area contributed by atoms with Crippen LogP contribution in [-0.4, -0.2) is 9.97 Å². The van der Waals surface area contributed by atoms with Crippen LogP contribution in [0.3, 0.4) is 0 Å². The van der Waals surface area contributed by atoms with E-state index in [1.165, 1.54) is 13.0 Å². The molecular formula is C14H14F2N2S. The van der Waals surface area contributed by atoms with Gasteiger partial charge in [-0.25, -0.2) is 13.8 Å². The Morgan fingerprint density at radius 3 is 2.53 bits per heavy atom. The summed E-state index contributed by atoms with van der Waals surface area (Å²) in [7, 11) is 0. The summed E-state index contributed by atoms with van der Waals surface area (Å²) in [6.45, 7) is 5.42. The first-order valence-electron chi connectivity index (χ1n) is 5.96. The molecule has 0 aliphatic heterocycles. The predicted octanol–water partition coefficient (Wildman–Crippen LogP) is 4.52. The molecule has 5 heteroatoms. The Labute approximate surface area is 115 Å². The average molecular weight is 280 g/mol. The minimum Gasteiger partial charge on any atom is -0.343 e. The molecule has 1 N–H and O–H groups in total. The second-order valence-corrected chi connectivity index (χ2v) is 5.15. The van der Waals surface area contributed by atoms with E-state index >= 15 is 0 Å². The number of aryl methyl sites for hydroxylation is 1. The van der Waals surface area contributed by atoms with Gasteiger partial charge in [0.05, 0.1) is 5.69 Å². The largest absolute Gasteiger partial charge is 0.343 e. The molecule has 1 aromatic heterocycles. The van der Waals surface area contributed by atoms with Crippen molar-refractivity contribution in [3.8, 4) is 11.3 Å². The summed E-state index contributed by atoms with van der Waals surface area (Å²) in [5, 5.41) is 0. The second kappa shape index (κ2) is 5.17. The number of benzene rings is 1. The zero-order chi connectivity index (χ0) is 14.2. The van der Waals surface area contributed by atoms with Crippen LogP contribution in [0.4, 0.5) is 8.78 Å². The van der Waals surface area contributed by atoms with Gasteiger partial charge in [-0.15, -0.1) is 0 Å². The third-order valence-electron chi connectivity index (χ3n) is 2.87. The van der Waals surface area contributed by atoms with Gasteiger partial charge in [0.1, 0.15) is 10.5 Å². The molecule has 0 radical (unpaired) electrons. The third kappa shape index (κ3) is 2.71. The number of hydrogen-bond acceptors (Lipinski definition) is 2. The van der Waals surface area contributed by atoms with Crippen molar-refractivity contribution >= 4 is 12.2 Å². The normalized spacial score (nSPS) is 11.1. The monoisotopic (exact) mass is 280 g/mol. The van der Waals surface area contributed by atoms with Gasteiger partial charge in [-0.3, -0.25) is 0 Å². The van der Waals surface area contributed by atoms with E-state index in [1.807, 2.05) is 13.8 Å². The molecule has 0 unspecified atom stereocenters. The molecule has 0 saturated carbocycles. The highest BCUT2D eigenvalue weighted by atomic mass is 32.1. The van der Waals surface area contributed by atoms with Gasteiger partial charge < -0.3 is 4.98 Å². The molecule has 0 spiro atoms. The molecule has 0 aliphatic rings. The lowest BCUT2D eigenvalue weighted by molar-refractivity contribution is 0.505. The van der Waals surface area contributed by atoms with Crippen molar-refractivity contribution in [2.24, 2.45) is 0 Å². The molecule has 0 fully saturated rings. The topological polar surface area (TPSA) is 28.7 Å². The van der Waals surface area contributed by atoms with Crippen LogP contribution < -0.4 is 0 Å². The van der Waals surface area contributed by atoms with E-state index in [9.17, 15) is 8.78 Å². The Morgan fingerprint density at radius 2 is 1.89 bits per heavy atom. The molecule has 1 heterocycles. The van der Waals surface area contributed by atoms with E-state index < -0.39 is 11.6 Å². The fourth-order valence-corrected chi connectivity index (χ4v) is 1.97. The summed E-state index contributed by atoms with van der Waals surface area (Å²) in [6.07, 6.45) is 0. The van der Waals surface area contributed by atoms with Crippen molar-refractivity contribution in [3.63, 3.8) is 0 Å². The summed E-state index contributed by atoms with van der Waals surface area (Å²) in [5.74, 6) is -0.922. The highest BCUT2D eigenvalue weighted by Crippen LogP contribution is 2.25. The molecular weight excluding hydrogens is 266 g/mol. The number of aromatic nitrogens is 2. The summed E-state index contributed by atoms with van der Waals surface area (Å²) in [4.78, 5) is 7.18. The van der Waals surface area contributed by atoms with Crippen molar-refractivity contribution in [1.82, 2.24) is 9.97 Å². The number of halogens is 2. The molecule has 0 bridgehead atoms. The highest BCUT2D eigenvalue weighted by Gasteiger charge is 2.14. The molecule has 100 valence electrons. The van der Waals surface area contributed by atoms with Gasteiger partial charge >= 0.3 is 0 Å². The maximum Gasteiger partial charge on any atom is 0.168 e. The molecule has 2 nitrogen and oxygen atoms in total. The SMILES string of the molecule is Cc1ccc(-c2cc(=S)nc(C(C)C)[nH]2)c(F)c1F. The fourth-order valence-electron chi connectivity index (χ4n) is 1.75. The van der Waals surface area contributed by atoms with Gasteiger partial charge in [0.2, 0.25) is 0 Å². The third-order valence-corrected chi connectivity index (χ3v) is 3.08. The number of nitrogens with one attached hydrogen (secondary N) is 1. The van der Waals surface area contributed by atoms with E-state index in [0.717, 1.165) is 0 Å². The van der Waals surface area contributed by atoms with Gasteiger partial charge in [0.15, 0.2) is 11.6 Å². The van der Waals surface area contributed by atoms with Gasteiger partial charge in [-0.2, -0.15) is 0 Å². The van der Waals surface area contributed by atoms with Crippen LogP contribution in [0.15, 0.2) is 18.2 Å². The molecule has 0 amide bonds. The van der Waals surface area contributed by atoms with Crippen LogP contribution in [-0.2, 0) is 0 Å². The van der Waals surface area contributed by atoms with Gasteiger partial charge in [-0.1, -0.05) is 32.1 Å². The average Bonchev–Trinajstić information content (AvgIpc) is 2.35. The van der Waals surface area contributed by atoms with Crippen LogP contribution in [0.2, 0.25) is 0 Å². The Balaban J connectivity index is 2.66. The lowest BCUT2D eigenvalue weighted by atomic mass is 10.1. The van der Waals surface area contributed by atoms with E-state index in [-0.39, 0.29) is 17.0 Å². The van der Waals surface area contributed by atoms with Crippen molar-refractivity contribution < 1.29 is 8.78 Å². The standard InChI is InChI=1S/C14H14F2N2S/c1-7(2)14-17-10(6-11(19)18-14)9-5-4-8(3)12(15)13(9)16/h4-7H,1-3H3,(H,17,18,19). The first kappa shape index (κ1) is 13.8. The summed E-state index contributed by atoms with van der Waals surface area (Å²) in [5.41, 5.74) is 0.886. The number of hydrogen-bond donors (Lipinski definition) is 1. The lowest BCUT2D eigenvalue weighted by Gasteiger charge is -2.10. The smallest absolute Gasteiger partial charge is 0.168 e. The van der Waals surface area contributed by atoms with Gasteiger partial charge in [-0.05, 0) is 24.6 Å². The molecule has 2 aromatic rings. The minimum absolute atomic E-state index is 0.125. The Morgan fingerprint density at radius 1 is 1.21 bits per heavy atom. The van der Waals surface area contributed by atoms with Crippen LogP contribution >= 0.6 is 12.2 Å². The number of aromatic amines is 1. The molecule has 2 rings (SSSR count). The fraction of sp³-hybridized carbons (Fsp3) is 0.286. The quantitative estimate of drug-likeness (QED) is 0.819. The maximum absolute atomic E-state index is 14.0. The van der Waals surface area contributed by atoms with Crippen molar-refractivity contribution in [3.05, 3.63) is 45.9 Å². The number of H-pyrrole nitrogens is 1. The number of rotatable bonds is 2. The molecule has 19 heavy (non-hydrogen) atoms.